The Morgan fingerprint density at radius 1 is 1.33 bits per heavy atom. The Balaban J connectivity index is 1.84. The van der Waals surface area contributed by atoms with Crippen LogP contribution in [0.25, 0.3) is 10.9 Å². The zero-order valence-corrected chi connectivity index (χ0v) is 15.5. The first-order valence-corrected chi connectivity index (χ1v) is 9.50. The number of nitrogens with zero attached hydrogens (tertiary/aromatic N) is 2. The van der Waals surface area contributed by atoms with Crippen molar-refractivity contribution in [2.75, 3.05) is 24.5 Å². The summed E-state index contributed by atoms with van der Waals surface area (Å²) >= 11 is 0. The van der Waals surface area contributed by atoms with Gasteiger partial charge in [-0.1, -0.05) is 13.8 Å². The lowest BCUT2D eigenvalue weighted by Gasteiger charge is -2.21. The monoisotopic (exact) mass is 373 g/mol. The number of aromatic carboxylic acids is 1. The highest BCUT2D eigenvalue weighted by atomic mass is 19.1. The van der Waals surface area contributed by atoms with E-state index in [-0.39, 0.29) is 17.0 Å². The van der Waals surface area contributed by atoms with Gasteiger partial charge < -0.3 is 19.9 Å². The highest BCUT2D eigenvalue weighted by Crippen LogP contribution is 2.38. The molecule has 2 heterocycles. The van der Waals surface area contributed by atoms with Crippen LogP contribution in [0.1, 0.15) is 43.1 Å². The quantitative estimate of drug-likeness (QED) is 0.843. The summed E-state index contributed by atoms with van der Waals surface area (Å²) in [6.07, 6.45) is 3.29. The maximum Gasteiger partial charge on any atom is 0.341 e. The smallest absolute Gasteiger partial charge is 0.341 e. The minimum absolute atomic E-state index is 0.138. The number of hydrogen-bond donors (Lipinski definition) is 2. The highest BCUT2D eigenvalue weighted by Gasteiger charge is 2.32. The molecule has 0 spiro atoms. The normalized spacial score (nSPS) is 22.6. The van der Waals surface area contributed by atoms with Gasteiger partial charge in [-0.15, -0.1) is 0 Å². The summed E-state index contributed by atoms with van der Waals surface area (Å²) < 4.78 is 16.8. The lowest BCUT2D eigenvalue weighted by molar-refractivity contribution is 0.0695. The van der Waals surface area contributed by atoms with Crippen molar-refractivity contribution in [3.05, 3.63) is 39.9 Å². The number of hydrogen-bond acceptors (Lipinski definition) is 4. The van der Waals surface area contributed by atoms with Gasteiger partial charge in [-0.2, -0.15) is 0 Å². The van der Waals surface area contributed by atoms with Crippen molar-refractivity contribution in [1.29, 1.82) is 0 Å². The summed E-state index contributed by atoms with van der Waals surface area (Å²) in [5, 5.41) is 12.9. The Bertz CT molecular complexity index is 967. The third-order valence-electron chi connectivity index (χ3n) is 5.69. The van der Waals surface area contributed by atoms with E-state index in [9.17, 15) is 19.1 Å². The van der Waals surface area contributed by atoms with Gasteiger partial charge in [-0.05, 0) is 37.4 Å². The van der Waals surface area contributed by atoms with Gasteiger partial charge in [0.15, 0.2) is 0 Å². The fraction of sp³-hybridized carbons (Fsp3) is 0.500. The van der Waals surface area contributed by atoms with Gasteiger partial charge in [0.2, 0.25) is 5.43 Å². The summed E-state index contributed by atoms with van der Waals surface area (Å²) in [6, 6.07) is 3.40. The van der Waals surface area contributed by atoms with Gasteiger partial charge in [-0.25, -0.2) is 9.18 Å². The average Bonchev–Trinajstić information content (AvgIpc) is 3.39. The number of aromatic nitrogens is 1. The van der Waals surface area contributed by atoms with Crippen LogP contribution in [-0.4, -0.2) is 41.3 Å². The molecule has 2 aromatic rings. The number of carbonyl (C=O) groups is 1. The van der Waals surface area contributed by atoms with Gasteiger partial charge in [0, 0.05) is 36.8 Å². The Morgan fingerprint density at radius 3 is 2.70 bits per heavy atom. The molecule has 1 saturated carbocycles. The van der Waals surface area contributed by atoms with Crippen LogP contribution in [0.15, 0.2) is 23.1 Å². The summed E-state index contributed by atoms with van der Waals surface area (Å²) in [5.41, 5.74) is 0.166. The number of rotatable bonds is 5. The van der Waals surface area contributed by atoms with Gasteiger partial charge >= 0.3 is 5.97 Å². The molecule has 1 aromatic carbocycles. The first-order valence-electron chi connectivity index (χ1n) is 9.50. The molecule has 0 bridgehead atoms. The van der Waals surface area contributed by atoms with E-state index in [2.05, 4.69) is 19.2 Å². The van der Waals surface area contributed by atoms with Crippen LogP contribution in [0.4, 0.5) is 10.1 Å². The van der Waals surface area contributed by atoms with Crippen LogP contribution in [0, 0.1) is 11.7 Å². The van der Waals surface area contributed by atoms with E-state index in [0.717, 1.165) is 25.9 Å². The number of halogens is 1. The van der Waals surface area contributed by atoms with Crippen molar-refractivity contribution in [3.63, 3.8) is 0 Å². The van der Waals surface area contributed by atoms with Crippen molar-refractivity contribution in [1.82, 2.24) is 9.88 Å². The van der Waals surface area contributed by atoms with Crippen molar-refractivity contribution in [2.24, 2.45) is 5.92 Å². The molecular weight excluding hydrogens is 349 g/mol. The molecule has 2 N–H and O–H groups in total. The molecule has 2 fully saturated rings. The molecule has 27 heavy (non-hydrogen) atoms. The third kappa shape index (κ3) is 3.10. The Labute approximate surface area is 156 Å². The molecule has 1 saturated heterocycles. The number of pyridine rings is 1. The van der Waals surface area contributed by atoms with Crippen LogP contribution in [0.3, 0.4) is 0 Å². The van der Waals surface area contributed by atoms with E-state index in [0.29, 0.717) is 29.7 Å². The summed E-state index contributed by atoms with van der Waals surface area (Å²) in [5.74, 6) is -1.36. The molecule has 4 rings (SSSR count). The first-order chi connectivity index (χ1) is 12.9. The number of benzene rings is 1. The van der Waals surface area contributed by atoms with E-state index >= 15 is 0 Å². The van der Waals surface area contributed by atoms with E-state index in [1.54, 1.807) is 6.07 Å². The molecule has 1 aliphatic heterocycles. The van der Waals surface area contributed by atoms with E-state index in [1.165, 1.54) is 12.3 Å². The van der Waals surface area contributed by atoms with Crippen LogP contribution >= 0.6 is 0 Å². The minimum Gasteiger partial charge on any atom is -0.477 e. The lowest BCUT2D eigenvalue weighted by Crippen LogP contribution is -2.35. The summed E-state index contributed by atoms with van der Waals surface area (Å²) in [4.78, 5) is 26.0. The molecule has 0 amide bonds. The second-order valence-electron chi connectivity index (χ2n) is 7.68. The van der Waals surface area contributed by atoms with Crippen molar-refractivity contribution < 1.29 is 14.3 Å². The van der Waals surface area contributed by atoms with Gasteiger partial charge in [0.25, 0.3) is 0 Å². The molecule has 6 nitrogen and oxygen atoms in total. The third-order valence-corrected chi connectivity index (χ3v) is 5.69. The Morgan fingerprint density at radius 2 is 2.07 bits per heavy atom. The lowest BCUT2D eigenvalue weighted by atomic mass is 10.1. The number of carboxylic acids is 1. The highest BCUT2D eigenvalue weighted by molar-refractivity contribution is 5.93. The molecule has 144 valence electrons. The van der Waals surface area contributed by atoms with Gasteiger partial charge in [0.1, 0.15) is 11.4 Å². The summed E-state index contributed by atoms with van der Waals surface area (Å²) in [6.45, 7) is 6.51. The minimum atomic E-state index is -1.28. The molecule has 0 radical (unpaired) electrons. The molecule has 1 aliphatic carbocycles. The zero-order chi connectivity index (χ0) is 19.3. The average molecular weight is 373 g/mol. The molecule has 7 heteroatoms. The second-order valence-corrected chi connectivity index (χ2v) is 7.68. The predicted octanol–water partition coefficient (Wildman–Crippen LogP) is 2.61. The second kappa shape index (κ2) is 6.64. The number of carboxylic acid groups (broad SMARTS) is 1. The number of nitrogens with one attached hydrogen (secondary N) is 1. The summed E-state index contributed by atoms with van der Waals surface area (Å²) in [7, 11) is 0. The van der Waals surface area contributed by atoms with Crippen molar-refractivity contribution in [2.45, 2.75) is 38.8 Å². The van der Waals surface area contributed by atoms with Gasteiger partial charge in [-0.3, -0.25) is 4.79 Å². The molecule has 1 aromatic heterocycles. The van der Waals surface area contributed by atoms with E-state index in [4.69, 9.17) is 0 Å². The molecule has 2 unspecified atom stereocenters. The Hall–Kier alpha value is -2.41. The first kappa shape index (κ1) is 18.0. The zero-order valence-electron chi connectivity index (χ0n) is 15.5. The van der Waals surface area contributed by atoms with Gasteiger partial charge in [0.05, 0.1) is 11.2 Å². The Kier molecular flexibility index (Phi) is 4.42. The predicted molar refractivity (Wildman–Crippen MR) is 102 cm³/mol. The standard InChI is InChI=1S/C20H24FN3O3/c1-3-22-16-10-23(8-11(16)2)18-7-17-13(6-15(18)21)19(25)14(20(26)27)9-24(17)12-4-5-12/h6-7,9,11-12,16,22H,3-5,8,10H2,1-2H3,(H,26,27). The molecule has 2 atom stereocenters. The van der Waals surface area contributed by atoms with Crippen molar-refractivity contribution >= 4 is 22.6 Å². The van der Waals surface area contributed by atoms with Crippen LogP contribution in [0.5, 0.6) is 0 Å². The van der Waals surface area contributed by atoms with Crippen LogP contribution in [0.2, 0.25) is 0 Å². The van der Waals surface area contributed by atoms with Crippen molar-refractivity contribution in [3.8, 4) is 0 Å². The van der Waals surface area contributed by atoms with Crippen LogP contribution in [-0.2, 0) is 0 Å². The van der Waals surface area contributed by atoms with E-state index in [1.807, 2.05) is 9.47 Å². The topological polar surface area (TPSA) is 74.6 Å². The fourth-order valence-electron chi connectivity index (χ4n) is 4.10. The molecular formula is C20H24FN3O3. The number of likely N-dealkylation sites (N-methyl/N-ethyl adjacent to an activating group) is 1. The largest absolute Gasteiger partial charge is 0.477 e. The SMILES string of the molecule is CCNC1CN(c2cc3c(cc2F)c(=O)c(C(=O)O)cn3C2CC2)CC1C. The maximum absolute atomic E-state index is 14.9. The number of fused-ring (bicyclic) bond motifs is 1. The maximum atomic E-state index is 14.9. The number of anilines is 1. The molecule has 2 aliphatic rings. The van der Waals surface area contributed by atoms with Crippen LogP contribution < -0.4 is 15.6 Å². The van der Waals surface area contributed by atoms with E-state index < -0.39 is 17.2 Å². The fourth-order valence-corrected chi connectivity index (χ4v) is 4.10.